The second kappa shape index (κ2) is 4.37. The first-order valence-electron chi connectivity index (χ1n) is 5.53. The molecule has 0 aliphatic carbocycles. The van der Waals surface area contributed by atoms with Crippen LogP contribution in [-0.4, -0.2) is 14.3 Å². The molecule has 0 aliphatic rings. The van der Waals surface area contributed by atoms with E-state index in [1.165, 1.54) is 6.07 Å². The lowest BCUT2D eigenvalue weighted by Crippen LogP contribution is -1.92. The van der Waals surface area contributed by atoms with Crippen molar-refractivity contribution in [2.24, 2.45) is 0 Å². The summed E-state index contributed by atoms with van der Waals surface area (Å²) in [6.07, 6.45) is 3.60. The number of imidazole rings is 1. The number of benzene rings is 1. The SMILES string of the molecule is O=[N+]([O-])c1cc(Cl)ccc1-c1cn2ccccc2n1. The zero-order chi connectivity index (χ0) is 13.4. The molecule has 19 heavy (non-hydrogen) atoms. The third-order valence-corrected chi connectivity index (χ3v) is 3.03. The van der Waals surface area contributed by atoms with Gasteiger partial charge in [-0.2, -0.15) is 0 Å². The van der Waals surface area contributed by atoms with Crippen molar-refractivity contribution in [3.63, 3.8) is 0 Å². The molecule has 0 unspecified atom stereocenters. The number of nitrogens with zero attached hydrogens (tertiary/aromatic N) is 3. The number of aromatic nitrogens is 2. The Morgan fingerprint density at radius 2 is 2.11 bits per heavy atom. The summed E-state index contributed by atoms with van der Waals surface area (Å²) < 4.78 is 1.81. The van der Waals surface area contributed by atoms with Gasteiger partial charge in [0.15, 0.2) is 0 Å². The number of pyridine rings is 1. The summed E-state index contributed by atoms with van der Waals surface area (Å²) in [7, 11) is 0. The van der Waals surface area contributed by atoms with Gasteiger partial charge in [0.25, 0.3) is 5.69 Å². The summed E-state index contributed by atoms with van der Waals surface area (Å²) in [5.74, 6) is 0. The molecule has 94 valence electrons. The molecule has 0 bridgehead atoms. The first-order valence-corrected chi connectivity index (χ1v) is 5.91. The van der Waals surface area contributed by atoms with Crippen molar-refractivity contribution in [1.29, 1.82) is 0 Å². The molecule has 0 saturated heterocycles. The fourth-order valence-corrected chi connectivity index (χ4v) is 2.10. The molecule has 0 atom stereocenters. The second-order valence-electron chi connectivity index (χ2n) is 4.01. The van der Waals surface area contributed by atoms with Gasteiger partial charge in [0.1, 0.15) is 5.65 Å². The maximum absolute atomic E-state index is 11.1. The summed E-state index contributed by atoms with van der Waals surface area (Å²) in [5.41, 5.74) is 1.70. The Hall–Kier alpha value is -2.40. The van der Waals surface area contributed by atoms with Gasteiger partial charge in [0, 0.05) is 23.5 Å². The number of hydrogen-bond acceptors (Lipinski definition) is 3. The average Bonchev–Trinajstić information content (AvgIpc) is 2.82. The highest BCUT2D eigenvalue weighted by Gasteiger charge is 2.18. The maximum atomic E-state index is 11.1. The summed E-state index contributed by atoms with van der Waals surface area (Å²) in [4.78, 5) is 15.0. The summed E-state index contributed by atoms with van der Waals surface area (Å²) in [6.45, 7) is 0. The van der Waals surface area contributed by atoms with Gasteiger partial charge in [-0.05, 0) is 24.3 Å². The molecule has 0 aliphatic heterocycles. The highest BCUT2D eigenvalue weighted by Crippen LogP contribution is 2.31. The van der Waals surface area contributed by atoms with Gasteiger partial charge < -0.3 is 4.40 Å². The lowest BCUT2D eigenvalue weighted by atomic mass is 10.1. The lowest BCUT2D eigenvalue weighted by Gasteiger charge is -1.99. The molecule has 2 heterocycles. The highest BCUT2D eigenvalue weighted by atomic mass is 35.5. The van der Waals surface area contributed by atoms with Crippen LogP contribution in [0.2, 0.25) is 5.02 Å². The Kier molecular flexibility index (Phi) is 2.68. The molecule has 6 heteroatoms. The smallest absolute Gasteiger partial charge is 0.280 e. The monoisotopic (exact) mass is 273 g/mol. The van der Waals surface area contributed by atoms with Crippen LogP contribution in [0.15, 0.2) is 48.8 Å². The average molecular weight is 274 g/mol. The van der Waals surface area contributed by atoms with Crippen LogP contribution in [0.4, 0.5) is 5.69 Å². The molecule has 1 aromatic carbocycles. The van der Waals surface area contributed by atoms with Gasteiger partial charge in [-0.15, -0.1) is 0 Å². The molecule has 2 aromatic heterocycles. The van der Waals surface area contributed by atoms with Gasteiger partial charge in [-0.3, -0.25) is 10.1 Å². The van der Waals surface area contributed by atoms with E-state index < -0.39 is 4.92 Å². The number of nitro groups is 1. The number of halogens is 1. The van der Waals surface area contributed by atoms with Crippen LogP contribution >= 0.6 is 11.6 Å². The fourth-order valence-electron chi connectivity index (χ4n) is 1.94. The zero-order valence-electron chi connectivity index (χ0n) is 9.65. The van der Waals surface area contributed by atoms with Gasteiger partial charge in [-0.1, -0.05) is 17.7 Å². The normalized spacial score (nSPS) is 10.8. The molecule has 0 spiro atoms. The second-order valence-corrected chi connectivity index (χ2v) is 4.45. The predicted octanol–water partition coefficient (Wildman–Crippen LogP) is 3.56. The zero-order valence-corrected chi connectivity index (χ0v) is 10.4. The molecule has 3 rings (SSSR count). The van der Waals surface area contributed by atoms with Crippen molar-refractivity contribution in [3.8, 4) is 11.3 Å². The Balaban J connectivity index is 2.23. The fraction of sp³-hybridized carbons (Fsp3) is 0. The van der Waals surface area contributed by atoms with Crippen molar-refractivity contribution in [3.05, 3.63) is 63.9 Å². The molecule has 0 fully saturated rings. The van der Waals surface area contributed by atoms with E-state index in [0.717, 1.165) is 5.65 Å². The number of fused-ring (bicyclic) bond motifs is 1. The molecular weight excluding hydrogens is 266 g/mol. The van der Waals surface area contributed by atoms with Crippen molar-refractivity contribution in [2.45, 2.75) is 0 Å². The lowest BCUT2D eigenvalue weighted by molar-refractivity contribution is -0.384. The van der Waals surface area contributed by atoms with Crippen LogP contribution in [0.3, 0.4) is 0 Å². The number of nitro benzene ring substituents is 1. The number of rotatable bonds is 2. The topological polar surface area (TPSA) is 60.4 Å². The van der Waals surface area contributed by atoms with E-state index in [9.17, 15) is 10.1 Å². The third kappa shape index (κ3) is 2.04. The van der Waals surface area contributed by atoms with Crippen LogP contribution in [0.5, 0.6) is 0 Å². The predicted molar refractivity (Wildman–Crippen MR) is 72.3 cm³/mol. The van der Waals surface area contributed by atoms with Gasteiger partial charge in [0.2, 0.25) is 0 Å². The Bertz CT molecular complexity index is 749. The van der Waals surface area contributed by atoms with Crippen LogP contribution in [0.1, 0.15) is 0 Å². The minimum Gasteiger partial charge on any atom is -0.306 e. The molecule has 5 nitrogen and oxygen atoms in total. The molecule has 0 radical (unpaired) electrons. The first kappa shape index (κ1) is 11.7. The van der Waals surface area contributed by atoms with Crippen LogP contribution in [0, 0.1) is 10.1 Å². The standard InChI is InChI=1S/C13H8ClN3O2/c14-9-4-5-10(12(7-9)17(18)19)11-8-16-6-2-1-3-13(16)15-11/h1-8H. The van der Waals surface area contributed by atoms with Crippen molar-refractivity contribution in [1.82, 2.24) is 9.38 Å². The molecule has 0 amide bonds. The highest BCUT2D eigenvalue weighted by molar-refractivity contribution is 6.30. The third-order valence-electron chi connectivity index (χ3n) is 2.80. The summed E-state index contributed by atoms with van der Waals surface area (Å²) in [5, 5.41) is 11.4. The Labute approximate surface area is 113 Å². The molecule has 0 N–H and O–H groups in total. The van der Waals surface area contributed by atoms with Crippen LogP contribution < -0.4 is 0 Å². The minimum absolute atomic E-state index is 0.0455. The van der Waals surface area contributed by atoms with Gasteiger partial charge in [0.05, 0.1) is 16.2 Å². The van der Waals surface area contributed by atoms with Crippen LogP contribution in [0.25, 0.3) is 16.9 Å². The van der Waals surface area contributed by atoms with Crippen LogP contribution in [-0.2, 0) is 0 Å². The van der Waals surface area contributed by atoms with Crippen molar-refractivity contribution in [2.75, 3.05) is 0 Å². The Morgan fingerprint density at radius 3 is 2.84 bits per heavy atom. The Morgan fingerprint density at radius 1 is 1.26 bits per heavy atom. The van der Waals surface area contributed by atoms with E-state index >= 15 is 0 Å². The van der Waals surface area contributed by atoms with Gasteiger partial charge >= 0.3 is 0 Å². The first-order chi connectivity index (χ1) is 9.15. The van der Waals surface area contributed by atoms with E-state index in [1.807, 2.05) is 28.8 Å². The van der Waals surface area contributed by atoms with E-state index in [0.29, 0.717) is 16.3 Å². The molecule has 0 saturated carbocycles. The largest absolute Gasteiger partial charge is 0.306 e. The summed E-state index contributed by atoms with van der Waals surface area (Å²) in [6, 6.07) is 10.1. The quantitative estimate of drug-likeness (QED) is 0.530. The van der Waals surface area contributed by atoms with Crippen molar-refractivity contribution >= 4 is 22.9 Å². The van der Waals surface area contributed by atoms with E-state index in [-0.39, 0.29) is 5.69 Å². The van der Waals surface area contributed by atoms with Crippen molar-refractivity contribution < 1.29 is 4.92 Å². The minimum atomic E-state index is -0.453. The van der Waals surface area contributed by atoms with E-state index in [1.54, 1.807) is 18.3 Å². The maximum Gasteiger partial charge on any atom is 0.280 e. The van der Waals surface area contributed by atoms with Gasteiger partial charge in [-0.25, -0.2) is 4.98 Å². The molecule has 3 aromatic rings. The van der Waals surface area contributed by atoms with E-state index in [4.69, 9.17) is 11.6 Å². The summed E-state index contributed by atoms with van der Waals surface area (Å²) >= 11 is 5.80. The molecular formula is C13H8ClN3O2. The van der Waals surface area contributed by atoms with E-state index in [2.05, 4.69) is 4.98 Å². The number of hydrogen-bond donors (Lipinski definition) is 0.